The first-order chi connectivity index (χ1) is 10.4. The fraction of sp³-hybridized carbons (Fsp3) is 0.882. The van der Waals surface area contributed by atoms with E-state index in [0.29, 0.717) is 24.7 Å². The molecule has 0 aromatic heterocycles. The van der Waals surface area contributed by atoms with Crippen LogP contribution in [0.4, 0.5) is 17.6 Å². The highest BCUT2D eigenvalue weighted by atomic mass is 19.4. The highest BCUT2D eigenvalue weighted by Gasteiger charge is 2.34. The lowest BCUT2D eigenvalue weighted by Crippen LogP contribution is -2.34. The minimum absolute atomic E-state index is 0.176. The van der Waals surface area contributed by atoms with Gasteiger partial charge in [-0.25, -0.2) is 4.39 Å². The van der Waals surface area contributed by atoms with Crippen molar-refractivity contribution in [3.8, 4) is 0 Å². The van der Waals surface area contributed by atoms with E-state index in [2.05, 4.69) is 6.92 Å². The van der Waals surface area contributed by atoms with Crippen molar-refractivity contribution in [3.63, 3.8) is 0 Å². The quantitative estimate of drug-likeness (QED) is 0.594. The van der Waals surface area contributed by atoms with Crippen molar-refractivity contribution >= 4 is 0 Å². The van der Waals surface area contributed by atoms with E-state index in [1.54, 1.807) is 0 Å². The Morgan fingerprint density at radius 1 is 1.09 bits per heavy atom. The maximum Gasteiger partial charge on any atom is 0.412 e. The number of rotatable bonds is 4. The predicted octanol–water partition coefficient (Wildman–Crippen LogP) is 5.80. The summed E-state index contributed by atoms with van der Waals surface area (Å²) in [4.78, 5) is 0. The van der Waals surface area contributed by atoms with Crippen LogP contribution in [0.25, 0.3) is 0 Å². The van der Waals surface area contributed by atoms with E-state index >= 15 is 0 Å². The van der Waals surface area contributed by atoms with E-state index < -0.39 is 17.9 Å². The Balaban J connectivity index is 1.77. The number of halogens is 4. The van der Waals surface area contributed by atoms with Gasteiger partial charge in [0, 0.05) is 12.5 Å². The molecule has 1 aliphatic carbocycles. The summed E-state index contributed by atoms with van der Waals surface area (Å²) in [6.45, 7) is 2.98. The van der Waals surface area contributed by atoms with Gasteiger partial charge in [0.25, 0.3) is 0 Å². The molecule has 1 heterocycles. The number of hydrogen-bond acceptors (Lipinski definition) is 1. The first-order valence-electron chi connectivity index (χ1n) is 8.45. The van der Waals surface area contributed by atoms with Crippen LogP contribution in [-0.4, -0.2) is 18.9 Å². The van der Waals surface area contributed by atoms with Gasteiger partial charge in [0.05, 0.1) is 12.2 Å². The van der Waals surface area contributed by atoms with Crippen LogP contribution in [0.15, 0.2) is 11.9 Å². The number of alkyl halides is 3. The van der Waals surface area contributed by atoms with E-state index in [-0.39, 0.29) is 12.2 Å². The lowest BCUT2D eigenvalue weighted by atomic mass is 9.76. The molecule has 0 amide bonds. The van der Waals surface area contributed by atoms with Crippen LogP contribution >= 0.6 is 0 Å². The largest absolute Gasteiger partial charge is 0.412 e. The lowest BCUT2D eigenvalue weighted by Gasteiger charge is -2.37. The van der Waals surface area contributed by atoms with E-state index in [1.165, 1.54) is 19.3 Å². The summed E-state index contributed by atoms with van der Waals surface area (Å²) in [6.07, 6.45) is 2.64. The maximum atomic E-state index is 13.6. The van der Waals surface area contributed by atoms with Gasteiger partial charge >= 0.3 is 6.18 Å². The summed E-state index contributed by atoms with van der Waals surface area (Å²) in [5.74, 6) is -0.518. The van der Waals surface area contributed by atoms with E-state index in [4.69, 9.17) is 4.74 Å². The number of ether oxygens (including phenoxy) is 1. The molecule has 0 bridgehead atoms. The predicted molar refractivity (Wildman–Crippen MR) is 78.1 cm³/mol. The minimum atomic E-state index is -4.55. The van der Waals surface area contributed by atoms with Crippen LogP contribution in [0, 0.1) is 17.8 Å². The normalized spacial score (nSPS) is 34.7. The van der Waals surface area contributed by atoms with Crippen LogP contribution < -0.4 is 0 Å². The zero-order chi connectivity index (χ0) is 16.2. The molecule has 2 atom stereocenters. The molecule has 1 nitrogen and oxygen atoms in total. The van der Waals surface area contributed by atoms with E-state index in [1.807, 2.05) is 0 Å². The Morgan fingerprint density at radius 2 is 1.77 bits per heavy atom. The van der Waals surface area contributed by atoms with Crippen LogP contribution in [0.1, 0.15) is 58.3 Å². The van der Waals surface area contributed by atoms with Gasteiger partial charge in [-0.05, 0) is 56.8 Å². The first kappa shape index (κ1) is 17.8. The Kier molecular flexibility index (Phi) is 6.30. The lowest BCUT2D eigenvalue weighted by molar-refractivity contribution is -0.0826. The second-order valence-corrected chi connectivity index (χ2v) is 6.79. The highest BCUT2D eigenvalue weighted by Crippen LogP contribution is 2.39. The Labute approximate surface area is 130 Å². The standard InChI is InChI=1S/C17H26F4O/c1-2-3-12-4-9-16(22-11-12)14-7-5-13(6-8-14)15(18)10-17(19,20)21/h10,12-14,16H,2-9,11H2,1H3/b15-10-. The third-order valence-corrected chi connectivity index (χ3v) is 5.09. The maximum absolute atomic E-state index is 13.6. The van der Waals surface area contributed by atoms with Crippen LogP contribution in [-0.2, 0) is 4.74 Å². The fourth-order valence-electron chi connectivity index (χ4n) is 3.87. The molecule has 2 fully saturated rings. The van der Waals surface area contributed by atoms with E-state index in [0.717, 1.165) is 25.9 Å². The monoisotopic (exact) mass is 322 g/mol. The number of allylic oxidation sites excluding steroid dienone is 2. The smallest absolute Gasteiger partial charge is 0.378 e. The second-order valence-electron chi connectivity index (χ2n) is 6.79. The molecular formula is C17H26F4O. The molecule has 0 spiro atoms. The average molecular weight is 322 g/mol. The summed E-state index contributed by atoms with van der Waals surface area (Å²) < 4.78 is 56.1. The molecular weight excluding hydrogens is 296 g/mol. The van der Waals surface area contributed by atoms with Gasteiger partial charge in [0.1, 0.15) is 5.83 Å². The average Bonchev–Trinajstić information content (AvgIpc) is 2.47. The summed E-state index contributed by atoms with van der Waals surface area (Å²) in [5, 5.41) is 0. The minimum Gasteiger partial charge on any atom is -0.378 e. The molecule has 0 aromatic carbocycles. The summed E-state index contributed by atoms with van der Waals surface area (Å²) in [6, 6.07) is 0. The molecule has 0 radical (unpaired) electrons. The highest BCUT2D eigenvalue weighted by molar-refractivity contribution is 5.03. The molecule has 1 aliphatic heterocycles. The van der Waals surface area contributed by atoms with Crippen LogP contribution in [0.5, 0.6) is 0 Å². The molecule has 1 saturated carbocycles. The van der Waals surface area contributed by atoms with E-state index in [9.17, 15) is 17.6 Å². The van der Waals surface area contributed by atoms with Crippen LogP contribution in [0.3, 0.4) is 0 Å². The van der Waals surface area contributed by atoms with Crippen molar-refractivity contribution < 1.29 is 22.3 Å². The van der Waals surface area contributed by atoms with Crippen molar-refractivity contribution in [1.82, 2.24) is 0 Å². The van der Waals surface area contributed by atoms with Crippen molar-refractivity contribution in [2.75, 3.05) is 6.61 Å². The molecule has 2 unspecified atom stereocenters. The molecule has 128 valence electrons. The molecule has 2 aliphatic rings. The third kappa shape index (κ3) is 5.25. The van der Waals surface area contributed by atoms with Crippen molar-refractivity contribution in [3.05, 3.63) is 11.9 Å². The van der Waals surface area contributed by atoms with Crippen LogP contribution in [0.2, 0.25) is 0 Å². The third-order valence-electron chi connectivity index (χ3n) is 5.09. The first-order valence-corrected chi connectivity index (χ1v) is 8.45. The molecule has 0 aromatic rings. The zero-order valence-electron chi connectivity index (χ0n) is 13.2. The fourth-order valence-corrected chi connectivity index (χ4v) is 3.87. The molecule has 2 rings (SSSR count). The topological polar surface area (TPSA) is 9.23 Å². The van der Waals surface area contributed by atoms with Gasteiger partial charge in [0.15, 0.2) is 0 Å². The summed E-state index contributed by atoms with van der Waals surface area (Å²) >= 11 is 0. The van der Waals surface area contributed by atoms with Gasteiger partial charge in [-0.3, -0.25) is 0 Å². The number of hydrogen-bond donors (Lipinski definition) is 0. The van der Waals surface area contributed by atoms with Gasteiger partial charge in [0.2, 0.25) is 0 Å². The Bertz CT molecular complexity index is 361. The summed E-state index contributed by atoms with van der Waals surface area (Å²) in [5.41, 5.74) is 0. The zero-order valence-corrected chi connectivity index (χ0v) is 13.2. The van der Waals surface area contributed by atoms with Gasteiger partial charge in [-0.1, -0.05) is 13.3 Å². The SMILES string of the molecule is CCCC1CCC(C2CCC(/C(F)=C/C(F)(F)F)CC2)OC1. The van der Waals surface area contributed by atoms with Gasteiger partial charge < -0.3 is 4.74 Å². The Morgan fingerprint density at radius 3 is 2.27 bits per heavy atom. The Hall–Kier alpha value is -0.580. The van der Waals surface area contributed by atoms with Crippen molar-refractivity contribution in [2.45, 2.75) is 70.6 Å². The van der Waals surface area contributed by atoms with Gasteiger partial charge in [-0.2, -0.15) is 13.2 Å². The van der Waals surface area contributed by atoms with Crippen molar-refractivity contribution in [1.29, 1.82) is 0 Å². The molecule has 5 heteroatoms. The molecule has 1 saturated heterocycles. The van der Waals surface area contributed by atoms with Crippen molar-refractivity contribution in [2.24, 2.45) is 17.8 Å². The molecule has 0 N–H and O–H groups in total. The molecule has 22 heavy (non-hydrogen) atoms. The second kappa shape index (κ2) is 7.80. The van der Waals surface area contributed by atoms with Gasteiger partial charge in [-0.15, -0.1) is 0 Å². The summed E-state index contributed by atoms with van der Waals surface area (Å²) in [7, 11) is 0.